The van der Waals surface area contributed by atoms with Crippen molar-refractivity contribution in [2.24, 2.45) is 11.5 Å². The van der Waals surface area contributed by atoms with Gasteiger partial charge >= 0.3 is 0 Å². The maximum Gasteiger partial charge on any atom is 0.157 e. The number of rotatable bonds is 7. The Hall–Kier alpha value is -1.36. The molecule has 1 rings (SSSR count). The molecule has 0 aromatic heterocycles. The normalized spacial score (nSPS) is 10.8. The Bertz CT molecular complexity index is 473. The van der Waals surface area contributed by atoms with Crippen LogP contribution in [0.4, 0.5) is 0 Å². The number of hydrogen-bond donors (Lipinski definition) is 3. The van der Waals surface area contributed by atoms with Crippen LogP contribution in [-0.4, -0.2) is 24.5 Å². The molecule has 0 spiro atoms. The van der Waals surface area contributed by atoms with E-state index in [-0.39, 0.29) is 5.78 Å². The van der Waals surface area contributed by atoms with Gasteiger partial charge in [-0.1, -0.05) is 30.7 Å². The average molecular weight is 313 g/mol. The second kappa shape index (κ2) is 11.3. The van der Waals surface area contributed by atoms with Crippen molar-refractivity contribution >= 4 is 17.4 Å². The van der Waals surface area contributed by atoms with E-state index in [4.69, 9.17) is 28.2 Å². The lowest BCUT2D eigenvalue weighted by Gasteiger charge is -2.07. The van der Waals surface area contributed by atoms with Crippen molar-refractivity contribution in [2.75, 3.05) is 13.7 Å². The summed E-state index contributed by atoms with van der Waals surface area (Å²) in [5.74, 6) is 0.0560. The van der Waals surface area contributed by atoms with Crippen molar-refractivity contribution in [3.8, 4) is 0 Å². The second-order valence-electron chi connectivity index (χ2n) is 4.50. The van der Waals surface area contributed by atoms with Gasteiger partial charge in [-0.25, -0.2) is 0 Å². The molecule has 21 heavy (non-hydrogen) atoms. The molecule has 0 saturated carbocycles. The highest BCUT2D eigenvalue weighted by molar-refractivity contribution is 6.31. The minimum Gasteiger partial charge on any atom is -0.402 e. The zero-order valence-electron chi connectivity index (χ0n) is 12.7. The predicted octanol–water partition coefficient (Wildman–Crippen LogP) is 2.20. The highest BCUT2D eigenvalue weighted by atomic mass is 35.5. The SMILES string of the molecule is CCC(=O)/C=C(\N)CCc1cc(CCN)ccc1Cl.CO. The summed E-state index contributed by atoms with van der Waals surface area (Å²) >= 11 is 6.15. The van der Waals surface area contributed by atoms with Gasteiger partial charge in [-0.2, -0.15) is 0 Å². The monoisotopic (exact) mass is 312 g/mol. The first-order chi connectivity index (χ1) is 10.1. The molecule has 0 aliphatic carbocycles. The van der Waals surface area contributed by atoms with Crippen molar-refractivity contribution in [1.29, 1.82) is 0 Å². The van der Waals surface area contributed by atoms with E-state index < -0.39 is 0 Å². The molecule has 5 N–H and O–H groups in total. The highest BCUT2D eigenvalue weighted by Gasteiger charge is 2.04. The summed E-state index contributed by atoms with van der Waals surface area (Å²) in [5, 5.41) is 7.73. The number of hydrogen-bond acceptors (Lipinski definition) is 4. The molecule has 118 valence electrons. The standard InChI is InChI=1S/C15H21ClN2O.CH4O/c1-2-14(19)10-13(18)5-4-12-9-11(7-8-17)3-6-15(12)16;1-2/h3,6,9-10H,2,4-5,7-8,17-18H2,1H3;2H,1H3/b13-10-;. The Morgan fingerprint density at radius 1 is 1.33 bits per heavy atom. The van der Waals surface area contributed by atoms with Crippen molar-refractivity contribution in [3.63, 3.8) is 0 Å². The largest absolute Gasteiger partial charge is 0.402 e. The summed E-state index contributed by atoms with van der Waals surface area (Å²) in [4.78, 5) is 11.2. The Balaban J connectivity index is 0.00000191. The number of nitrogens with two attached hydrogens (primary N) is 2. The van der Waals surface area contributed by atoms with Crippen LogP contribution in [0.3, 0.4) is 0 Å². The average Bonchev–Trinajstić information content (AvgIpc) is 2.50. The van der Waals surface area contributed by atoms with Crippen LogP contribution in [0.5, 0.6) is 0 Å². The molecule has 0 unspecified atom stereocenters. The summed E-state index contributed by atoms with van der Waals surface area (Å²) in [6, 6.07) is 5.93. The van der Waals surface area contributed by atoms with E-state index in [0.717, 1.165) is 30.5 Å². The Labute approximate surface area is 131 Å². The molecule has 0 atom stereocenters. The van der Waals surface area contributed by atoms with Crippen molar-refractivity contribution in [3.05, 3.63) is 46.1 Å². The van der Waals surface area contributed by atoms with Gasteiger partial charge in [0.05, 0.1) is 0 Å². The van der Waals surface area contributed by atoms with Crippen LogP contribution < -0.4 is 11.5 Å². The first-order valence-electron chi connectivity index (χ1n) is 6.97. The molecule has 0 aliphatic heterocycles. The van der Waals surface area contributed by atoms with Crippen molar-refractivity contribution < 1.29 is 9.90 Å². The van der Waals surface area contributed by atoms with Crippen LogP contribution >= 0.6 is 11.6 Å². The molecular formula is C16H25ClN2O2. The minimum absolute atomic E-state index is 0.0560. The van der Waals surface area contributed by atoms with Crippen LogP contribution in [0.15, 0.2) is 30.0 Å². The molecule has 0 fully saturated rings. The van der Waals surface area contributed by atoms with Crippen LogP contribution in [0.2, 0.25) is 5.02 Å². The van der Waals surface area contributed by atoms with Gasteiger partial charge in [-0.3, -0.25) is 4.79 Å². The number of aliphatic hydroxyl groups is 1. The van der Waals surface area contributed by atoms with E-state index in [1.807, 2.05) is 19.1 Å². The topological polar surface area (TPSA) is 89.3 Å². The molecule has 0 amide bonds. The number of halogens is 1. The number of aliphatic hydroxyl groups excluding tert-OH is 1. The van der Waals surface area contributed by atoms with Crippen LogP contribution in [0.25, 0.3) is 0 Å². The highest BCUT2D eigenvalue weighted by Crippen LogP contribution is 2.20. The fourth-order valence-corrected chi connectivity index (χ4v) is 2.01. The summed E-state index contributed by atoms with van der Waals surface area (Å²) < 4.78 is 0. The van der Waals surface area contributed by atoms with E-state index >= 15 is 0 Å². The molecule has 5 heteroatoms. The third kappa shape index (κ3) is 7.85. The third-order valence-electron chi connectivity index (χ3n) is 2.92. The van der Waals surface area contributed by atoms with Gasteiger partial charge in [0.1, 0.15) is 0 Å². The maximum absolute atomic E-state index is 11.2. The Morgan fingerprint density at radius 2 is 2.00 bits per heavy atom. The number of carbonyl (C=O) groups is 1. The zero-order valence-corrected chi connectivity index (χ0v) is 13.5. The number of allylic oxidation sites excluding steroid dienone is 2. The van der Waals surface area contributed by atoms with E-state index in [1.54, 1.807) is 0 Å². The molecule has 1 aromatic carbocycles. The Kier molecular flexibility index (Phi) is 10.6. The lowest BCUT2D eigenvalue weighted by Crippen LogP contribution is -2.05. The lowest BCUT2D eigenvalue weighted by molar-refractivity contribution is -0.114. The van der Waals surface area contributed by atoms with E-state index in [1.165, 1.54) is 11.6 Å². The molecule has 0 aliphatic rings. The molecule has 0 saturated heterocycles. The molecule has 0 heterocycles. The minimum atomic E-state index is 0.0560. The van der Waals surface area contributed by atoms with Crippen molar-refractivity contribution in [1.82, 2.24) is 0 Å². The first-order valence-corrected chi connectivity index (χ1v) is 7.35. The first kappa shape index (κ1) is 19.6. The van der Waals surface area contributed by atoms with Gasteiger partial charge in [0.2, 0.25) is 0 Å². The van der Waals surface area contributed by atoms with Gasteiger partial charge in [0.25, 0.3) is 0 Å². The van der Waals surface area contributed by atoms with Gasteiger partial charge in [-0.05, 0) is 49.1 Å². The quantitative estimate of drug-likeness (QED) is 0.673. The predicted molar refractivity (Wildman–Crippen MR) is 88.2 cm³/mol. The number of benzene rings is 1. The summed E-state index contributed by atoms with van der Waals surface area (Å²) in [7, 11) is 1.00. The number of ketones is 1. The fraction of sp³-hybridized carbons (Fsp3) is 0.438. The summed E-state index contributed by atoms with van der Waals surface area (Å²) in [5.41, 5.74) is 14.2. The van der Waals surface area contributed by atoms with Gasteiger partial charge in [0, 0.05) is 24.3 Å². The molecule has 0 bridgehead atoms. The van der Waals surface area contributed by atoms with Crippen LogP contribution in [0, 0.1) is 0 Å². The zero-order chi connectivity index (χ0) is 16.3. The van der Waals surface area contributed by atoms with Gasteiger partial charge in [-0.15, -0.1) is 0 Å². The smallest absolute Gasteiger partial charge is 0.157 e. The van der Waals surface area contributed by atoms with E-state index in [0.29, 0.717) is 25.1 Å². The van der Waals surface area contributed by atoms with Crippen molar-refractivity contribution in [2.45, 2.75) is 32.6 Å². The number of carbonyl (C=O) groups excluding carboxylic acids is 1. The van der Waals surface area contributed by atoms with Gasteiger partial charge in [0.15, 0.2) is 5.78 Å². The van der Waals surface area contributed by atoms with E-state index in [2.05, 4.69) is 6.07 Å². The Morgan fingerprint density at radius 3 is 2.57 bits per heavy atom. The van der Waals surface area contributed by atoms with Gasteiger partial charge < -0.3 is 16.6 Å². The van der Waals surface area contributed by atoms with Crippen LogP contribution in [0.1, 0.15) is 30.9 Å². The summed E-state index contributed by atoms with van der Waals surface area (Å²) in [6.07, 6.45) is 4.20. The number of aryl methyl sites for hydroxylation is 1. The molecule has 4 nitrogen and oxygen atoms in total. The molecular weight excluding hydrogens is 288 g/mol. The second-order valence-corrected chi connectivity index (χ2v) is 4.91. The fourth-order valence-electron chi connectivity index (χ4n) is 1.80. The third-order valence-corrected chi connectivity index (χ3v) is 3.29. The summed E-state index contributed by atoms with van der Waals surface area (Å²) in [6.45, 7) is 2.44. The maximum atomic E-state index is 11.2. The van der Waals surface area contributed by atoms with E-state index in [9.17, 15) is 4.79 Å². The lowest BCUT2D eigenvalue weighted by atomic mass is 10.0. The molecule has 0 radical (unpaired) electrons. The molecule has 1 aromatic rings. The van der Waals surface area contributed by atoms with Crippen LogP contribution in [-0.2, 0) is 17.6 Å².